The third-order valence-electron chi connectivity index (χ3n) is 4.98. The van der Waals surface area contributed by atoms with E-state index in [2.05, 4.69) is 60.7 Å². The lowest BCUT2D eigenvalue weighted by atomic mass is 9.79. The summed E-state index contributed by atoms with van der Waals surface area (Å²) >= 11 is 3.46. The number of likely N-dealkylation sites (tertiary alicyclic amines) is 1. The summed E-state index contributed by atoms with van der Waals surface area (Å²) in [7, 11) is 1.83. The molecule has 5 nitrogen and oxygen atoms in total. The Hall–Kier alpha value is -0.830. The number of nitrogens with one attached hydrogen (secondary N) is 2. The SMILES string of the molecule is CN=C(NCCc1ccc(Br)cc1)N1CCCC2(CNC(=O)C2)C1.I. The number of nitrogens with zero attached hydrogens (tertiary/aromatic N) is 2. The van der Waals surface area contributed by atoms with Crippen molar-refractivity contribution in [1.29, 1.82) is 0 Å². The second-order valence-electron chi connectivity index (χ2n) is 6.83. The second kappa shape index (κ2) is 9.21. The molecule has 2 N–H and O–H groups in total. The van der Waals surface area contributed by atoms with Gasteiger partial charge in [-0.25, -0.2) is 0 Å². The van der Waals surface area contributed by atoms with E-state index in [1.165, 1.54) is 5.56 Å². The number of carbonyl (C=O) groups excluding carboxylic acids is 1. The Bertz CT molecular complexity index is 622. The minimum Gasteiger partial charge on any atom is -0.356 e. The fourth-order valence-electron chi connectivity index (χ4n) is 3.73. The monoisotopic (exact) mass is 520 g/mol. The zero-order valence-electron chi connectivity index (χ0n) is 14.6. The van der Waals surface area contributed by atoms with Gasteiger partial charge in [-0.2, -0.15) is 0 Å². The van der Waals surface area contributed by atoms with Crippen LogP contribution in [0.15, 0.2) is 33.7 Å². The summed E-state index contributed by atoms with van der Waals surface area (Å²) < 4.78 is 1.10. The van der Waals surface area contributed by atoms with Crippen LogP contribution in [0.3, 0.4) is 0 Å². The van der Waals surface area contributed by atoms with Gasteiger partial charge in [-0.15, -0.1) is 24.0 Å². The molecule has 3 rings (SSSR count). The van der Waals surface area contributed by atoms with Crippen LogP contribution in [0, 0.1) is 5.41 Å². The lowest BCUT2D eigenvalue weighted by molar-refractivity contribution is -0.119. The topological polar surface area (TPSA) is 56.7 Å². The molecule has 1 atom stereocenters. The van der Waals surface area contributed by atoms with E-state index in [1.807, 2.05) is 7.05 Å². The van der Waals surface area contributed by atoms with Crippen molar-refractivity contribution in [2.45, 2.75) is 25.7 Å². The molecule has 2 aliphatic rings. The summed E-state index contributed by atoms with van der Waals surface area (Å²) in [5, 5.41) is 6.48. The van der Waals surface area contributed by atoms with Gasteiger partial charge in [-0.05, 0) is 37.0 Å². The predicted octanol–water partition coefficient (Wildman–Crippen LogP) is 2.79. The zero-order chi connectivity index (χ0) is 17.0. The van der Waals surface area contributed by atoms with Crippen molar-refractivity contribution < 1.29 is 4.79 Å². The number of carbonyl (C=O) groups is 1. The maximum absolute atomic E-state index is 11.6. The van der Waals surface area contributed by atoms with Crippen LogP contribution < -0.4 is 10.6 Å². The Labute approximate surface area is 175 Å². The highest BCUT2D eigenvalue weighted by atomic mass is 127. The van der Waals surface area contributed by atoms with Gasteiger partial charge in [0.25, 0.3) is 0 Å². The van der Waals surface area contributed by atoms with Gasteiger partial charge < -0.3 is 15.5 Å². The first kappa shape index (κ1) is 20.5. The minimum atomic E-state index is 0. The maximum atomic E-state index is 11.6. The Morgan fingerprint density at radius 2 is 2.16 bits per heavy atom. The van der Waals surface area contributed by atoms with Crippen LogP contribution in [-0.4, -0.2) is 50.0 Å². The first-order valence-corrected chi connectivity index (χ1v) is 9.36. The number of piperidine rings is 1. The standard InChI is InChI=1S/C18H25BrN4O.HI/c1-20-17(21-9-7-14-3-5-15(19)6-4-14)23-10-2-8-18(13-23)11-16(24)22-12-18;/h3-6H,2,7-13H2,1H3,(H,20,21)(H,22,24);1H. The summed E-state index contributed by atoms with van der Waals surface area (Å²) in [5.41, 5.74) is 1.40. The molecule has 1 aromatic rings. The van der Waals surface area contributed by atoms with Crippen LogP contribution in [0.25, 0.3) is 0 Å². The van der Waals surface area contributed by atoms with E-state index in [1.54, 1.807) is 0 Å². The van der Waals surface area contributed by atoms with Crippen LogP contribution in [0.1, 0.15) is 24.8 Å². The molecular weight excluding hydrogens is 495 g/mol. The van der Waals surface area contributed by atoms with Gasteiger partial charge in [0.15, 0.2) is 5.96 Å². The molecule has 7 heteroatoms. The van der Waals surface area contributed by atoms with Crippen LogP contribution in [0.5, 0.6) is 0 Å². The summed E-state index contributed by atoms with van der Waals surface area (Å²) in [6.45, 7) is 3.57. The summed E-state index contributed by atoms with van der Waals surface area (Å²) in [5.74, 6) is 1.14. The average molecular weight is 521 g/mol. The van der Waals surface area contributed by atoms with Gasteiger partial charge in [0, 0.05) is 49.5 Å². The molecule has 2 saturated heterocycles. The lowest BCUT2D eigenvalue weighted by Gasteiger charge is -2.40. The second-order valence-corrected chi connectivity index (χ2v) is 7.74. The van der Waals surface area contributed by atoms with Crippen molar-refractivity contribution >= 4 is 51.8 Å². The molecule has 1 spiro atoms. The van der Waals surface area contributed by atoms with Gasteiger partial charge >= 0.3 is 0 Å². The highest BCUT2D eigenvalue weighted by molar-refractivity contribution is 14.0. The Morgan fingerprint density at radius 3 is 2.80 bits per heavy atom. The number of halogens is 2. The van der Waals surface area contributed by atoms with E-state index in [0.29, 0.717) is 6.42 Å². The largest absolute Gasteiger partial charge is 0.356 e. The lowest BCUT2D eigenvalue weighted by Crippen LogP contribution is -2.51. The highest BCUT2D eigenvalue weighted by Crippen LogP contribution is 2.35. The average Bonchev–Trinajstić information content (AvgIpc) is 2.93. The number of guanidine groups is 1. The van der Waals surface area contributed by atoms with E-state index >= 15 is 0 Å². The van der Waals surface area contributed by atoms with Crippen LogP contribution >= 0.6 is 39.9 Å². The molecular formula is C18H26BrIN4O. The maximum Gasteiger partial charge on any atom is 0.220 e. The zero-order valence-corrected chi connectivity index (χ0v) is 18.5. The molecule has 0 radical (unpaired) electrons. The molecule has 1 unspecified atom stereocenters. The van der Waals surface area contributed by atoms with Crippen molar-refractivity contribution in [3.8, 4) is 0 Å². The van der Waals surface area contributed by atoms with E-state index < -0.39 is 0 Å². The Kier molecular flexibility index (Phi) is 7.54. The predicted molar refractivity (Wildman–Crippen MR) is 115 cm³/mol. The molecule has 1 aromatic carbocycles. The number of hydrogen-bond acceptors (Lipinski definition) is 2. The van der Waals surface area contributed by atoms with E-state index in [-0.39, 0.29) is 35.3 Å². The number of hydrogen-bond donors (Lipinski definition) is 2. The molecule has 138 valence electrons. The fraction of sp³-hybridized carbons (Fsp3) is 0.556. The summed E-state index contributed by atoms with van der Waals surface area (Å²) in [6.07, 6.45) is 3.85. The van der Waals surface area contributed by atoms with Crippen LogP contribution in [-0.2, 0) is 11.2 Å². The van der Waals surface area contributed by atoms with Gasteiger partial charge in [-0.1, -0.05) is 28.1 Å². The molecule has 0 saturated carbocycles. The van der Waals surface area contributed by atoms with Gasteiger partial charge in [0.1, 0.15) is 0 Å². The molecule has 2 fully saturated rings. The summed E-state index contributed by atoms with van der Waals surface area (Å²) in [6, 6.07) is 8.42. The van der Waals surface area contributed by atoms with Crippen molar-refractivity contribution in [3.63, 3.8) is 0 Å². The third-order valence-corrected chi connectivity index (χ3v) is 5.51. The highest BCUT2D eigenvalue weighted by Gasteiger charge is 2.42. The molecule has 0 aromatic heterocycles. The Morgan fingerprint density at radius 1 is 1.40 bits per heavy atom. The van der Waals surface area contributed by atoms with E-state index in [0.717, 1.165) is 55.9 Å². The minimum absolute atomic E-state index is 0. The molecule has 25 heavy (non-hydrogen) atoms. The molecule has 2 heterocycles. The van der Waals surface area contributed by atoms with Gasteiger partial charge in [0.05, 0.1) is 0 Å². The molecule has 0 aliphatic carbocycles. The van der Waals surface area contributed by atoms with Crippen molar-refractivity contribution in [2.75, 3.05) is 33.2 Å². The molecule has 0 bridgehead atoms. The first-order chi connectivity index (χ1) is 11.6. The third kappa shape index (κ3) is 5.32. The smallest absolute Gasteiger partial charge is 0.220 e. The fourth-order valence-corrected chi connectivity index (χ4v) is 4.00. The van der Waals surface area contributed by atoms with Crippen LogP contribution in [0.4, 0.5) is 0 Å². The first-order valence-electron chi connectivity index (χ1n) is 8.57. The number of aliphatic imine (C=N–C) groups is 1. The quantitative estimate of drug-likeness (QED) is 0.366. The number of rotatable bonds is 3. The summed E-state index contributed by atoms with van der Waals surface area (Å²) in [4.78, 5) is 18.4. The van der Waals surface area contributed by atoms with Gasteiger partial charge in [-0.3, -0.25) is 9.79 Å². The Balaban J connectivity index is 0.00000225. The normalized spacial score (nSPS) is 23.4. The molecule has 2 aliphatic heterocycles. The van der Waals surface area contributed by atoms with E-state index in [9.17, 15) is 4.79 Å². The van der Waals surface area contributed by atoms with Crippen molar-refractivity contribution in [2.24, 2.45) is 10.4 Å². The van der Waals surface area contributed by atoms with Crippen LogP contribution in [0.2, 0.25) is 0 Å². The van der Waals surface area contributed by atoms with Crippen molar-refractivity contribution in [1.82, 2.24) is 15.5 Å². The van der Waals surface area contributed by atoms with Crippen molar-refractivity contribution in [3.05, 3.63) is 34.3 Å². The van der Waals surface area contributed by atoms with Gasteiger partial charge in [0.2, 0.25) is 5.91 Å². The molecule has 1 amide bonds. The number of amides is 1. The van der Waals surface area contributed by atoms with E-state index in [4.69, 9.17) is 0 Å². The number of benzene rings is 1.